The third kappa shape index (κ3) is 5.06. The Morgan fingerprint density at radius 3 is 2.52 bits per heavy atom. The fourth-order valence-corrected chi connectivity index (χ4v) is 4.85. The summed E-state index contributed by atoms with van der Waals surface area (Å²) in [5, 5.41) is 3.16. The van der Waals surface area contributed by atoms with Crippen molar-refractivity contribution in [3.05, 3.63) is 22.7 Å². The summed E-state index contributed by atoms with van der Waals surface area (Å²) < 4.78 is 33.1. The van der Waals surface area contributed by atoms with Crippen LogP contribution in [0.15, 0.2) is 27.6 Å². The number of nitrogens with one attached hydrogen (secondary N) is 1. The lowest BCUT2D eigenvalue weighted by Crippen LogP contribution is -2.40. The van der Waals surface area contributed by atoms with E-state index in [0.717, 1.165) is 19.4 Å². The Hall–Kier alpha value is -0.340. The standard InChI is InChI=1S/C15H23BrN2O3S.ClH/c1-3-21-15-5-4-13(10-14(15)16)22(19,20)18-8-6-12(7-9-18)11-17-2;/h4-5,10,12,17H,3,6-9,11H2,1-2H3;1H. The summed E-state index contributed by atoms with van der Waals surface area (Å²) in [5.41, 5.74) is 0. The predicted molar refractivity (Wildman–Crippen MR) is 98.0 cm³/mol. The van der Waals surface area contributed by atoms with Gasteiger partial charge in [0.1, 0.15) is 5.75 Å². The maximum absolute atomic E-state index is 12.7. The maximum atomic E-state index is 12.7. The number of ether oxygens (including phenoxy) is 1. The summed E-state index contributed by atoms with van der Waals surface area (Å²) >= 11 is 3.38. The van der Waals surface area contributed by atoms with E-state index in [2.05, 4.69) is 21.2 Å². The second-order valence-electron chi connectivity index (χ2n) is 5.43. The Labute approximate surface area is 153 Å². The van der Waals surface area contributed by atoms with Crippen LogP contribution in [0.2, 0.25) is 0 Å². The quantitative estimate of drug-likeness (QED) is 0.758. The number of hydrogen-bond acceptors (Lipinski definition) is 4. The number of halogens is 2. The fourth-order valence-electron chi connectivity index (χ4n) is 2.71. The van der Waals surface area contributed by atoms with Gasteiger partial charge in [0.2, 0.25) is 10.0 Å². The van der Waals surface area contributed by atoms with Crippen molar-refractivity contribution in [1.29, 1.82) is 0 Å². The van der Waals surface area contributed by atoms with Crippen LogP contribution in [0.25, 0.3) is 0 Å². The zero-order chi connectivity index (χ0) is 16.2. The smallest absolute Gasteiger partial charge is 0.243 e. The van der Waals surface area contributed by atoms with Gasteiger partial charge in [-0.2, -0.15) is 4.31 Å². The second-order valence-corrected chi connectivity index (χ2v) is 8.22. The van der Waals surface area contributed by atoms with E-state index in [4.69, 9.17) is 4.74 Å². The van der Waals surface area contributed by atoms with Crippen molar-refractivity contribution in [2.24, 2.45) is 5.92 Å². The Morgan fingerprint density at radius 1 is 1.35 bits per heavy atom. The van der Waals surface area contributed by atoms with Gasteiger partial charge in [-0.25, -0.2) is 8.42 Å². The van der Waals surface area contributed by atoms with Gasteiger partial charge in [-0.15, -0.1) is 12.4 Å². The van der Waals surface area contributed by atoms with Crippen LogP contribution >= 0.6 is 28.3 Å². The predicted octanol–water partition coefficient (Wildman–Crippen LogP) is 2.89. The molecule has 1 aliphatic heterocycles. The molecular formula is C15H24BrClN2O3S. The van der Waals surface area contributed by atoms with E-state index in [9.17, 15) is 8.42 Å². The Morgan fingerprint density at radius 2 is 2.00 bits per heavy atom. The zero-order valence-electron chi connectivity index (χ0n) is 13.4. The van der Waals surface area contributed by atoms with Gasteiger partial charge in [0.15, 0.2) is 0 Å². The molecule has 1 aliphatic rings. The summed E-state index contributed by atoms with van der Waals surface area (Å²) in [7, 11) is -1.50. The van der Waals surface area contributed by atoms with E-state index in [1.807, 2.05) is 14.0 Å². The number of hydrogen-bond donors (Lipinski definition) is 1. The van der Waals surface area contributed by atoms with Crippen LogP contribution in [0.1, 0.15) is 19.8 Å². The summed E-state index contributed by atoms with van der Waals surface area (Å²) in [6.07, 6.45) is 1.80. The molecule has 0 atom stereocenters. The first-order valence-electron chi connectivity index (χ1n) is 7.56. The lowest BCUT2D eigenvalue weighted by Gasteiger charge is -2.31. The van der Waals surface area contributed by atoms with Crippen molar-refractivity contribution >= 4 is 38.4 Å². The molecule has 0 amide bonds. The molecule has 1 fully saturated rings. The minimum Gasteiger partial charge on any atom is -0.493 e. The Bertz CT molecular complexity index is 605. The number of rotatable bonds is 6. The number of piperidine rings is 1. The van der Waals surface area contributed by atoms with E-state index in [1.165, 1.54) is 0 Å². The molecule has 1 aromatic rings. The van der Waals surface area contributed by atoms with Gasteiger partial charge in [0.25, 0.3) is 0 Å². The highest BCUT2D eigenvalue weighted by atomic mass is 79.9. The highest BCUT2D eigenvalue weighted by molar-refractivity contribution is 9.10. The molecule has 0 aliphatic carbocycles. The van der Waals surface area contributed by atoms with Crippen LogP contribution in [0.4, 0.5) is 0 Å². The first-order valence-corrected chi connectivity index (χ1v) is 9.79. The molecular weight excluding hydrogens is 404 g/mol. The molecule has 23 heavy (non-hydrogen) atoms. The molecule has 1 N–H and O–H groups in total. The molecule has 5 nitrogen and oxygen atoms in total. The third-order valence-electron chi connectivity index (χ3n) is 3.91. The van der Waals surface area contributed by atoms with Crippen molar-refractivity contribution in [2.75, 3.05) is 33.3 Å². The molecule has 0 bridgehead atoms. The van der Waals surface area contributed by atoms with E-state index in [1.54, 1.807) is 22.5 Å². The van der Waals surface area contributed by atoms with Crippen LogP contribution in [0.5, 0.6) is 5.75 Å². The minimum absolute atomic E-state index is 0. The maximum Gasteiger partial charge on any atom is 0.243 e. The summed E-state index contributed by atoms with van der Waals surface area (Å²) in [6, 6.07) is 4.94. The van der Waals surface area contributed by atoms with E-state index >= 15 is 0 Å². The van der Waals surface area contributed by atoms with Crippen LogP contribution in [0, 0.1) is 5.92 Å². The first kappa shape index (κ1) is 20.7. The van der Waals surface area contributed by atoms with Gasteiger partial charge in [-0.3, -0.25) is 0 Å². The summed E-state index contributed by atoms with van der Waals surface area (Å²) in [6.45, 7) is 4.55. The Kier molecular flexibility index (Phi) is 8.30. The second kappa shape index (κ2) is 9.22. The summed E-state index contributed by atoms with van der Waals surface area (Å²) in [5.74, 6) is 1.22. The zero-order valence-corrected chi connectivity index (χ0v) is 16.6. The molecule has 0 unspecified atom stereocenters. The lowest BCUT2D eigenvalue weighted by molar-refractivity contribution is 0.270. The van der Waals surface area contributed by atoms with E-state index in [-0.39, 0.29) is 12.4 Å². The Balaban J connectivity index is 0.00000264. The highest BCUT2D eigenvalue weighted by Crippen LogP contribution is 2.30. The van der Waals surface area contributed by atoms with Crippen molar-refractivity contribution in [3.8, 4) is 5.75 Å². The molecule has 1 aromatic carbocycles. The van der Waals surface area contributed by atoms with Gasteiger partial charge in [0.05, 0.1) is 16.0 Å². The molecule has 1 saturated heterocycles. The monoisotopic (exact) mass is 426 g/mol. The van der Waals surface area contributed by atoms with Crippen LogP contribution < -0.4 is 10.1 Å². The van der Waals surface area contributed by atoms with E-state index < -0.39 is 10.0 Å². The highest BCUT2D eigenvalue weighted by Gasteiger charge is 2.29. The van der Waals surface area contributed by atoms with Crippen LogP contribution in [0.3, 0.4) is 0 Å². The molecule has 8 heteroatoms. The number of benzene rings is 1. The lowest BCUT2D eigenvalue weighted by atomic mass is 9.98. The molecule has 0 spiro atoms. The van der Waals surface area contributed by atoms with Gasteiger partial charge < -0.3 is 10.1 Å². The fraction of sp³-hybridized carbons (Fsp3) is 0.600. The largest absolute Gasteiger partial charge is 0.493 e. The van der Waals surface area contributed by atoms with Crippen molar-refractivity contribution in [2.45, 2.75) is 24.7 Å². The number of sulfonamides is 1. The van der Waals surface area contributed by atoms with Crippen molar-refractivity contribution in [1.82, 2.24) is 9.62 Å². The average molecular weight is 428 g/mol. The molecule has 0 radical (unpaired) electrons. The van der Waals surface area contributed by atoms with Crippen molar-refractivity contribution < 1.29 is 13.2 Å². The first-order chi connectivity index (χ1) is 10.5. The molecule has 0 saturated carbocycles. The summed E-state index contributed by atoms with van der Waals surface area (Å²) in [4.78, 5) is 0.315. The van der Waals surface area contributed by atoms with Crippen molar-refractivity contribution in [3.63, 3.8) is 0 Å². The van der Waals surface area contributed by atoms with Gasteiger partial charge in [-0.05, 0) is 73.4 Å². The molecule has 0 aromatic heterocycles. The van der Waals surface area contributed by atoms with E-state index in [0.29, 0.717) is 40.7 Å². The molecule has 1 heterocycles. The normalized spacial score (nSPS) is 16.8. The number of nitrogens with zero attached hydrogens (tertiary/aromatic N) is 1. The minimum atomic E-state index is -3.43. The molecule has 2 rings (SSSR count). The van der Waals surface area contributed by atoms with Crippen LogP contribution in [-0.4, -0.2) is 46.0 Å². The topological polar surface area (TPSA) is 58.6 Å². The van der Waals surface area contributed by atoms with Gasteiger partial charge in [0, 0.05) is 13.1 Å². The molecule has 132 valence electrons. The average Bonchev–Trinajstić information content (AvgIpc) is 2.50. The third-order valence-corrected chi connectivity index (χ3v) is 6.42. The van der Waals surface area contributed by atoms with Gasteiger partial charge >= 0.3 is 0 Å². The van der Waals surface area contributed by atoms with Gasteiger partial charge in [-0.1, -0.05) is 0 Å². The SMILES string of the molecule is CCOc1ccc(S(=O)(=O)N2CCC(CNC)CC2)cc1Br.Cl. The van der Waals surface area contributed by atoms with Crippen LogP contribution in [-0.2, 0) is 10.0 Å².